The number of amides is 1. The zero-order valence-corrected chi connectivity index (χ0v) is 17.5. The number of hydrogen-bond acceptors (Lipinski definition) is 5. The summed E-state index contributed by atoms with van der Waals surface area (Å²) in [5.74, 6) is -6.05. The van der Waals surface area contributed by atoms with Crippen molar-refractivity contribution in [2.24, 2.45) is 0 Å². The van der Waals surface area contributed by atoms with Crippen LogP contribution in [0.3, 0.4) is 0 Å². The third-order valence-corrected chi connectivity index (χ3v) is 4.58. The molecule has 0 aliphatic carbocycles. The Labute approximate surface area is 179 Å². The van der Waals surface area contributed by atoms with Gasteiger partial charge in [-0.2, -0.15) is 13.2 Å². The van der Waals surface area contributed by atoms with E-state index in [1.165, 1.54) is 27.7 Å². The molecular weight excluding hydrogens is 439 g/mol. The highest BCUT2D eigenvalue weighted by Gasteiger charge is 2.45. The summed E-state index contributed by atoms with van der Waals surface area (Å²) >= 11 is 0. The average molecular weight is 458 g/mol. The van der Waals surface area contributed by atoms with Crippen molar-refractivity contribution in [2.75, 3.05) is 6.54 Å². The van der Waals surface area contributed by atoms with E-state index in [4.69, 9.17) is 9.15 Å². The predicted octanol–water partition coefficient (Wildman–Crippen LogP) is 4.70. The van der Waals surface area contributed by atoms with Gasteiger partial charge in [-0.3, -0.25) is 4.79 Å². The van der Waals surface area contributed by atoms with E-state index < -0.39 is 58.4 Å². The van der Waals surface area contributed by atoms with Crippen molar-refractivity contribution in [1.29, 1.82) is 0 Å². The number of carbonyl (C=O) groups excluding carboxylic acids is 2. The van der Waals surface area contributed by atoms with Crippen LogP contribution in [-0.4, -0.2) is 34.4 Å². The van der Waals surface area contributed by atoms with Gasteiger partial charge in [0.05, 0.1) is 6.10 Å². The number of ether oxygens (including phenoxy) is 1. The summed E-state index contributed by atoms with van der Waals surface area (Å²) in [5, 5.41) is 0. The number of carbonyl (C=O) groups is 2. The third-order valence-electron chi connectivity index (χ3n) is 4.58. The van der Waals surface area contributed by atoms with Crippen LogP contribution in [0.4, 0.5) is 22.0 Å². The van der Waals surface area contributed by atoms with Crippen molar-refractivity contribution >= 4 is 17.4 Å². The van der Waals surface area contributed by atoms with Gasteiger partial charge >= 0.3 is 18.0 Å². The first-order valence-electron chi connectivity index (χ1n) is 9.48. The summed E-state index contributed by atoms with van der Waals surface area (Å²) < 4.78 is 76.7. The highest BCUT2D eigenvalue weighted by Crippen LogP contribution is 2.40. The zero-order chi connectivity index (χ0) is 24.0. The van der Waals surface area contributed by atoms with Crippen molar-refractivity contribution in [2.45, 2.75) is 45.4 Å². The van der Waals surface area contributed by atoms with Gasteiger partial charge < -0.3 is 14.1 Å². The maximum absolute atomic E-state index is 13.6. The highest BCUT2D eigenvalue weighted by atomic mass is 19.4. The molecule has 0 unspecified atom stereocenters. The molecule has 1 amide bonds. The number of rotatable bonds is 3. The zero-order valence-electron chi connectivity index (χ0n) is 17.5. The molecule has 0 fully saturated rings. The van der Waals surface area contributed by atoms with Crippen molar-refractivity contribution < 1.29 is 40.7 Å². The number of nitrogens with zero attached hydrogens (tertiary/aromatic N) is 2. The molecule has 1 aromatic carbocycles. The van der Waals surface area contributed by atoms with E-state index in [1.807, 2.05) is 0 Å². The lowest BCUT2D eigenvalue weighted by Gasteiger charge is -2.27. The summed E-state index contributed by atoms with van der Waals surface area (Å²) in [6, 6.07) is 2.51. The first-order chi connectivity index (χ1) is 14.7. The van der Waals surface area contributed by atoms with Crippen LogP contribution in [0, 0.1) is 11.6 Å². The van der Waals surface area contributed by atoms with Gasteiger partial charge in [-0.1, -0.05) is 13.8 Å². The number of esters is 1. The summed E-state index contributed by atoms with van der Waals surface area (Å²) in [5.41, 5.74) is -2.31. The molecule has 0 atom stereocenters. The molecular formula is C21H19F5N2O4. The fraction of sp³-hybridized carbons (Fsp3) is 0.381. The number of hydrogen-bond donors (Lipinski definition) is 0. The van der Waals surface area contributed by atoms with Gasteiger partial charge in [0, 0.05) is 23.7 Å². The fourth-order valence-corrected chi connectivity index (χ4v) is 3.20. The summed E-state index contributed by atoms with van der Waals surface area (Å²) in [6.45, 7) is 5.81. The van der Waals surface area contributed by atoms with Crippen LogP contribution in [0.15, 0.2) is 28.8 Å². The largest absolute Gasteiger partial charge is 0.468 e. The molecule has 1 aliphatic rings. The second-order valence-corrected chi connectivity index (χ2v) is 8.14. The number of oxazole rings is 1. The molecule has 2 heterocycles. The summed E-state index contributed by atoms with van der Waals surface area (Å²) in [6.07, 6.45) is -4.53. The van der Waals surface area contributed by atoms with Gasteiger partial charge in [0.2, 0.25) is 0 Å². The second-order valence-electron chi connectivity index (χ2n) is 8.14. The Morgan fingerprint density at radius 3 is 2.41 bits per heavy atom. The Hall–Kier alpha value is -3.24. The molecule has 1 aliphatic heterocycles. The predicted molar refractivity (Wildman–Crippen MR) is 101 cm³/mol. The number of benzene rings is 1. The van der Waals surface area contributed by atoms with Crippen molar-refractivity contribution in [3.63, 3.8) is 0 Å². The molecule has 6 nitrogen and oxygen atoms in total. The van der Waals surface area contributed by atoms with Crippen LogP contribution < -0.4 is 0 Å². The maximum Gasteiger partial charge on any atom is 0.468 e. The van der Waals surface area contributed by atoms with Gasteiger partial charge in [0.15, 0.2) is 11.6 Å². The first-order valence-corrected chi connectivity index (χ1v) is 9.48. The molecule has 0 spiro atoms. The van der Waals surface area contributed by atoms with E-state index in [0.29, 0.717) is 6.07 Å². The van der Waals surface area contributed by atoms with E-state index in [2.05, 4.69) is 4.98 Å². The first kappa shape index (κ1) is 23.4. The molecule has 11 heteroatoms. The molecule has 1 aromatic heterocycles. The molecule has 0 saturated heterocycles. The Kier molecular flexibility index (Phi) is 5.88. The minimum atomic E-state index is -4.91. The van der Waals surface area contributed by atoms with E-state index >= 15 is 0 Å². The van der Waals surface area contributed by atoms with Crippen LogP contribution in [-0.2, 0) is 21.1 Å². The quantitative estimate of drug-likeness (QED) is 0.493. The molecule has 0 N–H and O–H groups in total. The minimum absolute atomic E-state index is 0.227. The topological polar surface area (TPSA) is 72.6 Å². The van der Waals surface area contributed by atoms with Crippen LogP contribution in [0.2, 0.25) is 0 Å². The van der Waals surface area contributed by atoms with Gasteiger partial charge in [0.25, 0.3) is 5.91 Å². The normalized spacial score (nSPS) is 15.8. The smallest absolute Gasteiger partial charge is 0.459 e. The minimum Gasteiger partial charge on any atom is -0.459 e. The van der Waals surface area contributed by atoms with Gasteiger partial charge in [-0.05, 0) is 32.0 Å². The number of alkyl halides is 3. The van der Waals surface area contributed by atoms with Crippen LogP contribution >= 0.6 is 0 Å². The van der Waals surface area contributed by atoms with E-state index in [0.717, 1.165) is 23.2 Å². The van der Waals surface area contributed by atoms with Gasteiger partial charge in [-0.25, -0.2) is 18.6 Å². The van der Waals surface area contributed by atoms with Crippen molar-refractivity contribution in [1.82, 2.24) is 9.88 Å². The summed E-state index contributed by atoms with van der Waals surface area (Å²) in [4.78, 5) is 30.2. The Morgan fingerprint density at radius 2 is 1.84 bits per heavy atom. The molecule has 32 heavy (non-hydrogen) atoms. The lowest BCUT2D eigenvalue weighted by atomic mass is 9.88. The SMILES string of the molecule is CC(C)OC(=O)C1=CN(C(=O)c2ccc(F)c(F)c2)CC(C)(C)c2oc(C(F)(F)F)nc21. The van der Waals surface area contributed by atoms with E-state index in [9.17, 15) is 31.5 Å². The summed E-state index contributed by atoms with van der Waals surface area (Å²) in [7, 11) is 0. The van der Waals surface area contributed by atoms with Crippen molar-refractivity contribution in [3.8, 4) is 0 Å². The fourth-order valence-electron chi connectivity index (χ4n) is 3.20. The molecule has 3 rings (SSSR count). The van der Waals surface area contributed by atoms with Gasteiger partial charge in [0.1, 0.15) is 17.0 Å². The second kappa shape index (κ2) is 8.03. The molecule has 0 saturated carbocycles. The standard InChI is InChI=1S/C21H19F5N2O4/c1-10(2)31-18(30)12-8-28(17(29)11-5-6-13(22)14(23)7-11)9-20(3,4)16-15(12)27-19(32-16)21(24,25)26/h5-8,10H,9H2,1-4H3. The number of aromatic nitrogens is 1. The average Bonchev–Trinajstić information content (AvgIpc) is 3.08. The lowest BCUT2D eigenvalue weighted by molar-refractivity contribution is -0.157. The molecule has 172 valence electrons. The van der Waals surface area contributed by atoms with E-state index in [-0.39, 0.29) is 17.9 Å². The third kappa shape index (κ3) is 4.51. The van der Waals surface area contributed by atoms with E-state index in [1.54, 1.807) is 0 Å². The maximum atomic E-state index is 13.6. The van der Waals surface area contributed by atoms with Crippen molar-refractivity contribution in [3.05, 3.63) is 58.9 Å². The molecule has 0 radical (unpaired) electrons. The number of fused-ring (bicyclic) bond motifs is 1. The Bertz CT molecular complexity index is 1100. The van der Waals surface area contributed by atoms with Crippen LogP contribution in [0.25, 0.3) is 5.57 Å². The monoisotopic (exact) mass is 458 g/mol. The number of halogens is 5. The highest BCUT2D eigenvalue weighted by molar-refractivity contribution is 6.17. The van der Waals surface area contributed by atoms with Gasteiger partial charge in [-0.15, -0.1) is 0 Å². The Balaban J connectivity index is 2.16. The lowest BCUT2D eigenvalue weighted by Crippen LogP contribution is -2.37. The van der Waals surface area contributed by atoms with Crippen LogP contribution in [0.1, 0.15) is 55.4 Å². The van der Waals surface area contributed by atoms with Crippen LogP contribution in [0.5, 0.6) is 0 Å². The Morgan fingerprint density at radius 1 is 1.19 bits per heavy atom. The molecule has 0 bridgehead atoms. The molecule has 2 aromatic rings.